The predicted molar refractivity (Wildman–Crippen MR) is 75.9 cm³/mol. The fourth-order valence-electron chi connectivity index (χ4n) is 2.71. The summed E-state index contributed by atoms with van der Waals surface area (Å²) in [7, 11) is 0. The second-order valence-corrected chi connectivity index (χ2v) is 5.54. The summed E-state index contributed by atoms with van der Waals surface area (Å²) >= 11 is 0. The molecule has 0 amide bonds. The molecule has 1 saturated heterocycles. The monoisotopic (exact) mass is 270 g/mol. The number of nitrogens with zero attached hydrogens (tertiary/aromatic N) is 3. The highest BCUT2D eigenvalue weighted by Gasteiger charge is 2.37. The van der Waals surface area contributed by atoms with Gasteiger partial charge in [-0.15, -0.1) is 5.10 Å². The van der Waals surface area contributed by atoms with Gasteiger partial charge in [-0.3, -0.25) is 4.79 Å². The highest BCUT2D eigenvalue weighted by atomic mass is 16.1. The molecule has 1 aromatic heterocycles. The summed E-state index contributed by atoms with van der Waals surface area (Å²) in [4.78, 5) is 12.8. The van der Waals surface area contributed by atoms with Gasteiger partial charge in [-0.1, -0.05) is 30.3 Å². The van der Waals surface area contributed by atoms with Gasteiger partial charge in [0.15, 0.2) is 5.78 Å². The lowest BCUT2D eigenvalue weighted by Crippen LogP contribution is -2.44. The molecular weight excluding hydrogens is 252 g/mol. The van der Waals surface area contributed by atoms with E-state index in [4.69, 9.17) is 0 Å². The van der Waals surface area contributed by atoms with E-state index in [2.05, 4.69) is 15.6 Å². The van der Waals surface area contributed by atoms with Gasteiger partial charge in [0.2, 0.25) is 0 Å². The number of carbonyl (C=O) groups is 1. The Bertz CT molecular complexity index is 599. The van der Waals surface area contributed by atoms with Crippen molar-refractivity contribution in [1.29, 1.82) is 0 Å². The van der Waals surface area contributed by atoms with Crippen molar-refractivity contribution >= 4 is 5.78 Å². The van der Waals surface area contributed by atoms with Crippen molar-refractivity contribution < 1.29 is 4.79 Å². The van der Waals surface area contributed by atoms with Crippen LogP contribution in [0.15, 0.2) is 36.5 Å². The standard InChI is InChI=1S/C15H18N4O/c1-15(8-5-9-16-11-15)14(20)13-10-17-18-19(13)12-6-3-2-4-7-12/h2-4,6-7,10,16H,5,8-9,11H2,1H3. The van der Waals surface area contributed by atoms with E-state index in [-0.39, 0.29) is 11.2 Å². The minimum atomic E-state index is -0.369. The summed E-state index contributed by atoms with van der Waals surface area (Å²) in [5, 5.41) is 11.3. The topological polar surface area (TPSA) is 59.8 Å². The highest BCUT2D eigenvalue weighted by molar-refractivity contribution is 5.99. The van der Waals surface area contributed by atoms with Gasteiger partial charge in [0.25, 0.3) is 0 Å². The second kappa shape index (κ2) is 5.17. The molecule has 1 aromatic carbocycles. The molecule has 0 spiro atoms. The van der Waals surface area contributed by atoms with Crippen molar-refractivity contribution in [3.8, 4) is 5.69 Å². The molecule has 5 heteroatoms. The Labute approximate surface area is 118 Å². The van der Waals surface area contributed by atoms with Gasteiger partial charge in [-0.25, -0.2) is 4.68 Å². The third-order valence-corrected chi connectivity index (χ3v) is 3.93. The molecule has 104 valence electrons. The molecule has 1 N–H and O–H groups in total. The molecule has 1 aliphatic rings. The number of rotatable bonds is 3. The fraction of sp³-hybridized carbons (Fsp3) is 0.400. The number of para-hydroxylation sites is 1. The maximum Gasteiger partial charge on any atom is 0.190 e. The molecule has 2 aromatic rings. The Hall–Kier alpha value is -2.01. The van der Waals surface area contributed by atoms with Gasteiger partial charge >= 0.3 is 0 Å². The van der Waals surface area contributed by atoms with Crippen molar-refractivity contribution in [2.75, 3.05) is 13.1 Å². The van der Waals surface area contributed by atoms with Gasteiger partial charge in [0.1, 0.15) is 5.69 Å². The SMILES string of the molecule is CC1(C(=O)c2cnnn2-c2ccccc2)CCCNC1. The third-order valence-electron chi connectivity index (χ3n) is 3.93. The van der Waals surface area contributed by atoms with E-state index >= 15 is 0 Å². The molecule has 0 bridgehead atoms. The average molecular weight is 270 g/mol. The number of hydrogen-bond acceptors (Lipinski definition) is 4. The van der Waals surface area contributed by atoms with E-state index in [9.17, 15) is 4.79 Å². The van der Waals surface area contributed by atoms with Crippen LogP contribution in [0.2, 0.25) is 0 Å². The van der Waals surface area contributed by atoms with Crippen LogP contribution in [-0.4, -0.2) is 33.9 Å². The van der Waals surface area contributed by atoms with E-state index in [1.165, 1.54) is 0 Å². The number of piperidine rings is 1. The molecule has 1 fully saturated rings. The second-order valence-electron chi connectivity index (χ2n) is 5.54. The minimum Gasteiger partial charge on any atom is -0.316 e. The molecule has 3 rings (SSSR count). The Kier molecular flexibility index (Phi) is 3.36. The quantitative estimate of drug-likeness (QED) is 0.865. The third kappa shape index (κ3) is 2.25. The zero-order valence-corrected chi connectivity index (χ0v) is 11.5. The van der Waals surface area contributed by atoms with Gasteiger partial charge in [0, 0.05) is 12.0 Å². The number of benzene rings is 1. The molecule has 0 aliphatic carbocycles. The van der Waals surface area contributed by atoms with Crippen LogP contribution in [0.25, 0.3) is 5.69 Å². The first kappa shape index (κ1) is 13.0. The number of Topliss-reactive ketones (excluding diaryl/α,β-unsaturated/α-hetero) is 1. The van der Waals surface area contributed by atoms with Crippen LogP contribution in [0.5, 0.6) is 0 Å². The van der Waals surface area contributed by atoms with Crippen molar-refractivity contribution in [3.05, 3.63) is 42.2 Å². The number of aromatic nitrogens is 3. The Morgan fingerprint density at radius 2 is 2.15 bits per heavy atom. The van der Waals surface area contributed by atoms with Crippen molar-refractivity contribution in [2.45, 2.75) is 19.8 Å². The maximum atomic E-state index is 12.8. The maximum absolute atomic E-state index is 12.8. The van der Waals surface area contributed by atoms with E-state index in [1.807, 2.05) is 37.3 Å². The first-order valence-corrected chi connectivity index (χ1v) is 6.92. The lowest BCUT2D eigenvalue weighted by atomic mass is 9.78. The number of hydrogen-bond donors (Lipinski definition) is 1. The zero-order valence-electron chi connectivity index (χ0n) is 11.5. The number of ketones is 1. The van der Waals surface area contributed by atoms with Crippen molar-refractivity contribution in [1.82, 2.24) is 20.3 Å². The zero-order chi connectivity index (χ0) is 14.0. The predicted octanol–water partition coefficient (Wildman–Crippen LogP) is 1.84. The average Bonchev–Trinajstić information content (AvgIpc) is 2.97. The summed E-state index contributed by atoms with van der Waals surface area (Å²) < 4.78 is 1.63. The van der Waals surface area contributed by atoms with Crippen LogP contribution >= 0.6 is 0 Å². The first-order valence-electron chi connectivity index (χ1n) is 6.92. The molecular formula is C15H18N4O. The summed E-state index contributed by atoms with van der Waals surface area (Å²) in [6, 6.07) is 9.64. The lowest BCUT2D eigenvalue weighted by molar-refractivity contribution is 0.0764. The van der Waals surface area contributed by atoms with Crippen LogP contribution in [0.3, 0.4) is 0 Å². The molecule has 1 aliphatic heterocycles. The molecule has 1 unspecified atom stereocenters. The Morgan fingerprint density at radius 3 is 2.85 bits per heavy atom. The normalized spacial score (nSPS) is 22.6. The van der Waals surface area contributed by atoms with Gasteiger partial charge in [-0.2, -0.15) is 0 Å². The van der Waals surface area contributed by atoms with Crippen LogP contribution in [0.1, 0.15) is 30.3 Å². The molecule has 0 radical (unpaired) electrons. The summed E-state index contributed by atoms with van der Waals surface area (Å²) in [6.45, 7) is 3.72. The van der Waals surface area contributed by atoms with Crippen molar-refractivity contribution in [2.24, 2.45) is 5.41 Å². The highest BCUT2D eigenvalue weighted by Crippen LogP contribution is 2.30. The summed E-state index contributed by atoms with van der Waals surface area (Å²) in [6.07, 6.45) is 3.49. The molecule has 1 atom stereocenters. The Balaban J connectivity index is 1.95. The van der Waals surface area contributed by atoms with E-state index in [0.29, 0.717) is 12.2 Å². The molecule has 2 heterocycles. The van der Waals surface area contributed by atoms with E-state index in [1.54, 1.807) is 10.9 Å². The molecule has 5 nitrogen and oxygen atoms in total. The van der Waals surface area contributed by atoms with Crippen LogP contribution in [0, 0.1) is 5.41 Å². The first-order chi connectivity index (χ1) is 9.71. The largest absolute Gasteiger partial charge is 0.316 e. The van der Waals surface area contributed by atoms with Crippen LogP contribution < -0.4 is 5.32 Å². The summed E-state index contributed by atoms with van der Waals surface area (Å²) in [5.74, 6) is 0.110. The fourth-order valence-corrected chi connectivity index (χ4v) is 2.71. The Morgan fingerprint density at radius 1 is 1.35 bits per heavy atom. The lowest BCUT2D eigenvalue weighted by Gasteiger charge is -2.32. The van der Waals surface area contributed by atoms with Gasteiger partial charge in [-0.05, 0) is 31.5 Å². The number of carbonyl (C=O) groups excluding carboxylic acids is 1. The molecule has 20 heavy (non-hydrogen) atoms. The van der Waals surface area contributed by atoms with Crippen LogP contribution in [-0.2, 0) is 0 Å². The number of nitrogens with one attached hydrogen (secondary N) is 1. The molecule has 0 saturated carbocycles. The van der Waals surface area contributed by atoms with E-state index < -0.39 is 0 Å². The van der Waals surface area contributed by atoms with E-state index in [0.717, 1.165) is 25.1 Å². The summed E-state index contributed by atoms with van der Waals surface area (Å²) in [5.41, 5.74) is 1.05. The van der Waals surface area contributed by atoms with Crippen molar-refractivity contribution in [3.63, 3.8) is 0 Å². The van der Waals surface area contributed by atoms with Gasteiger partial charge in [0.05, 0.1) is 11.9 Å². The smallest absolute Gasteiger partial charge is 0.190 e. The van der Waals surface area contributed by atoms with Crippen LogP contribution in [0.4, 0.5) is 0 Å². The minimum absolute atomic E-state index is 0.110. The van der Waals surface area contributed by atoms with Gasteiger partial charge < -0.3 is 5.32 Å².